The molecule has 0 fully saturated rings. The Morgan fingerprint density at radius 1 is 1.05 bits per heavy atom. The van der Waals surface area contributed by atoms with Gasteiger partial charge in [-0.15, -0.1) is 0 Å². The predicted octanol–water partition coefficient (Wildman–Crippen LogP) is 8.36. The molecule has 12 heteroatoms. The molecule has 4 aromatic carbocycles. The molecule has 0 saturated carbocycles. The number of aromatic nitrogens is 2. The summed E-state index contributed by atoms with van der Waals surface area (Å²) in [6.45, 7) is 0.177. The zero-order valence-electron chi connectivity index (χ0n) is 21.3. The number of benzene rings is 4. The lowest BCUT2D eigenvalue weighted by Crippen LogP contribution is -2.20. The molecule has 0 N–H and O–H groups in total. The number of hydrogen-bond donors (Lipinski definition) is 0. The average molecular weight is 709 g/mol. The van der Waals surface area contributed by atoms with Crippen molar-refractivity contribution in [3.8, 4) is 17.3 Å². The summed E-state index contributed by atoms with van der Waals surface area (Å²) in [6, 6.07) is 23.6. The van der Waals surface area contributed by atoms with Gasteiger partial charge in [-0.25, -0.2) is 4.98 Å². The Bertz CT molecular complexity index is 2110. The van der Waals surface area contributed by atoms with Gasteiger partial charge in [-0.1, -0.05) is 61.7 Å². The lowest BCUT2D eigenvalue weighted by molar-refractivity contribution is -0.384. The second kappa shape index (κ2) is 11.5. The Balaban J connectivity index is 1.46. The van der Waals surface area contributed by atoms with Crippen molar-refractivity contribution in [3.05, 3.63) is 130 Å². The SMILES string of the molecule is O=c1c2ccccc2nc(-c2cc3cc(Cl)ccc3o2)n1N=Cc1cc([N+](=O)[O-])ccc1OCc1ccc(Br)cc1Br. The summed E-state index contributed by atoms with van der Waals surface area (Å²) >= 11 is 13.1. The summed E-state index contributed by atoms with van der Waals surface area (Å²) in [6.07, 6.45) is 1.33. The number of furan rings is 1. The maximum Gasteiger partial charge on any atom is 0.282 e. The van der Waals surface area contributed by atoms with E-state index in [9.17, 15) is 14.9 Å². The Hall–Kier alpha value is -4.32. The van der Waals surface area contributed by atoms with Crippen molar-refractivity contribution in [2.45, 2.75) is 6.61 Å². The van der Waals surface area contributed by atoms with E-state index in [-0.39, 0.29) is 18.1 Å². The zero-order valence-corrected chi connectivity index (χ0v) is 25.3. The molecule has 0 atom stereocenters. The number of para-hydroxylation sites is 1. The van der Waals surface area contributed by atoms with Gasteiger partial charge in [-0.05, 0) is 54.6 Å². The fourth-order valence-electron chi connectivity index (χ4n) is 4.31. The van der Waals surface area contributed by atoms with Crippen molar-refractivity contribution in [1.29, 1.82) is 0 Å². The maximum absolute atomic E-state index is 13.6. The number of nitro benzene ring substituents is 1. The molecule has 0 amide bonds. The lowest BCUT2D eigenvalue weighted by atomic mass is 10.2. The molecule has 0 aliphatic rings. The number of nitrogens with zero attached hydrogens (tertiary/aromatic N) is 4. The number of hydrogen-bond acceptors (Lipinski definition) is 7. The van der Waals surface area contributed by atoms with Crippen molar-refractivity contribution in [2.75, 3.05) is 0 Å². The molecule has 0 saturated heterocycles. The van der Waals surface area contributed by atoms with Crippen molar-refractivity contribution >= 4 is 77.2 Å². The number of halogens is 3. The van der Waals surface area contributed by atoms with E-state index < -0.39 is 10.5 Å². The lowest BCUT2D eigenvalue weighted by Gasteiger charge is -2.11. The minimum atomic E-state index is -0.513. The van der Waals surface area contributed by atoms with Crippen molar-refractivity contribution in [3.63, 3.8) is 0 Å². The van der Waals surface area contributed by atoms with E-state index in [0.29, 0.717) is 38.6 Å². The van der Waals surface area contributed by atoms with Gasteiger partial charge in [0.2, 0.25) is 5.82 Å². The van der Waals surface area contributed by atoms with Gasteiger partial charge in [0.05, 0.1) is 22.0 Å². The van der Waals surface area contributed by atoms with Crippen LogP contribution in [0.15, 0.2) is 108 Å². The number of fused-ring (bicyclic) bond motifs is 2. The maximum atomic E-state index is 13.6. The third kappa shape index (κ3) is 5.58. The summed E-state index contributed by atoms with van der Waals surface area (Å²) in [4.78, 5) is 29.4. The summed E-state index contributed by atoms with van der Waals surface area (Å²) in [5, 5.41) is 17.6. The summed E-state index contributed by atoms with van der Waals surface area (Å²) in [7, 11) is 0. The van der Waals surface area contributed by atoms with Crippen LogP contribution >= 0.6 is 43.5 Å². The predicted molar refractivity (Wildman–Crippen MR) is 168 cm³/mol. The van der Waals surface area contributed by atoms with E-state index >= 15 is 0 Å². The highest BCUT2D eigenvalue weighted by atomic mass is 79.9. The highest BCUT2D eigenvalue weighted by molar-refractivity contribution is 9.11. The summed E-state index contributed by atoms with van der Waals surface area (Å²) in [5.41, 5.74) is 1.56. The molecule has 42 heavy (non-hydrogen) atoms. The molecule has 208 valence electrons. The molecule has 0 unspecified atom stereocenters. The Morgan fingerprint density at radius 3 is 2.69 bits per heavy atom. The van der Waals surface area contributed by atoms with Gasteiger partial charge in [-0.3, -0.25) is 14.9 Å². The van der Waals surface area contributed by atoms with Gasteiger partial charge in [0.25, 0.3) is 11.2 Å². The smallest absolute Gasteiger partial charge is 0.282 e. The van der Waals surface area contributed by atoms with Gasteiger partial charge in [0, 0.05) is 42.6 Å². The molecule has 0 bridgehead atoms. The van der Waals surface area contributed by atoms with E-state index in [4.69, 9.17) is 20.8 Å². The summed E-state index contributed by atoms with van der Waals surface area (Å²) < 4.78 is 14.9. The largest absolute Gasteiger partial charge is 0.488 e. The van der Waals surface area contributed by atoms with Crippen LogP contribution in [0.3, 0.4) is 0 Å². The number of non-ortho nitro benzene ring substituents is 1. The zero-order chi connectivity index (χ0) is 29.4. The molecule has 6 aromatic rings. The Labute approximate surface area is 259 Å². The molecule has 0 aliphatic heterocycles. The van der Waals surface area contributed by atoms with E-state index in [0.717, 1.165) is 24.6 Å². The number of nitro groups is 1. The number of rotatable bonds is 7. The Morgan fingerprint density at radius 2 is 1.88 bits per heavy atom. The first-order chi connectivity index (χ1) is 20.3. The first-order valence-electron chi connectivity index (χ1n) is 12.4. The van der Waals surface area contributed by atoms with E-state index in [1.807, 2.05) is 18.2 Å². The van der Waals surface area contributed by atoms with Gasteiger partial charge in [-0.2, -0.15) is 9.78 Å². The monoisotopic (exact) mass is 706 g/mol. The molecule has 0 spiro atoms. The molecule has 0 radical (unpaired) electrons. The van der Waals surface area contributed by atoms with Crippen LogP contribution in [0.25, 0.3) is 33.5 Å². The van der Waals surface area contributed by atoms with Crippen molar-refractivity contribution < 1.29 is 14.1 Å². The molecular formula is C30H17Br2ClN4O5. The molecule has 9 nitrogen and oxygen atoms in total. The second-order valence-corrected chi connectivity index (χ2v) is 11.3. The van der Waals surface area contributed by atoms with Crippen LogP contribution in [-0.4, -0.2) is 20.8 Å². The van der Waals surface area contributed by atoms with Gasteiger partial charge >= 0.3 is 0 Å². The van der Waals surface area contributed by atoms with E-state index in [1.54, 1.807) is 48.5 Å². The Kier molecular flexibility index (Phi) is 7.63. The molecule has 2 aromatic heterocycles. The topological polar surface area (TPSA) is 113 Å². The fraction of sp³-hybridized carbons (Fsp3) is 0.0333. The third-order valence-corrected chi connectivity index (χ3v) is 7.83. The minimum absolute atomic E-state index is 0.147. The van der Waals surface area contributed by atoms with Gasteiger partial charge < -0.3 is 9.15 Å². The van der Waals surface area contributed by atoms with E-state index in [1.165, 1.54) is 24.4 Å². The van der Waals surface area contributed by atoms with Crippen molar-refractivity contribution in [2.24, 2.45) is 5.10 Å². The van der Waals surface area contributed by atoms with Crippen LogP contribution in [0, 0.1) is 10.1 Å². The standard InChI is InChI=1S/C30H17Br2ClN4O5/c31-20-6-5-17(24(32)14-20)16-41-26-10-8-22(37(39)40)12-19(26)15-34-36-29(35-25-4-2-1-3-23(25)30(36)38)28-13-18-11-21(33)7-9-27(18)42-28/h1-15H,16H2. The minimum Gasteiger partial charge on any atom is -0.488 e. The third-order valence-electron chi connectivity index (χ3n) is 6.37. The van der Waals surface area contributed by atoms with Crippen LogP contribution in [0.4, 0.5) is 5.69 Å². The van der Waals surface area contributed by atoms with Gasteiger partial charge in [0.15, 0.2) is 5.76 Å². The van der Waals surface area contributed by atoms with Crippen LogP contribution < -0.4 is 10.3 Å². The van der Waals surface area contributed by atoms with Crippen LogP contribution in [0.5, 0.6) is 5.75 Å². The first-order valence-corrected chi connectivity index (χ1v) is 14.3. The molecule has 2 heterocycles. The van der Waals surface area contributed by atoms with E-state index in [2.05, 4.69) is 41.9 Å². The highest BCUT2D eigenvalue weighted by Crippen LogP contribution is 2.30. The van der Waals surface area contributed by atoms with Crippen LogP contribution in [0.1, 0.15) is 11.1 Å². The highest BCUT2D eigenvalue weighted by Gasteiger charge is 2.18. The summed E-state index contributed by atoms with van der Waals surface area (Å²) in [5.74, 6) is 0.776. The molecule has 6 rings (SSSR count). The number of ether oxygens (including phenoxy) is 1. The second-order valence-electron chi connectivity index (χ2n) is 9.11. The normalized spacial score (nSPS) is 11.5. The average Bonchev–Trinajstić information content (AvgIpc) is 3.39. The molecule has 0 aliphatic carbocycles. The fourth-order valence-corrected chi connectivity index (χ4v) is 5.65. The first kappa shape index (κ1) is 27.8. The van der Waals surface area contributed by atoms with Gasteiger partial charge in [0.1, 0.15) is 17.9 Å². The van der Waals surface area contributed by atoms with Crippen molar-refractivity contribution in [1.82, 2.24) is 9.66 Å². The molecular weight excluding hydrogens is 692 g/mol. The van der Waals surface area contributed by atoms with Crippen LogP contribution in [-0.2, 0) is 6.61 Å². The quantitative estimate of drug-likeness (QED) is 0.0936. The van der Waals surface area contributed by atoms with Crippen LogP contribution in [0.2, 0.25) is 5.02 Å².